The smallest absolute Gasteiger partial charge is 0.318 e. The highest BCUT2D eigenvalue weighted by molar-refractivity contribution is 6.36. The van der Waals surface area contributed by atoms with E-state index in [4.69, 9.17) is 26.3 Å². The Morgan fingerprint density at radius 1 is 0.790 bits per heavy atom. The first kappa shape index (κ1) is 40.1. The first-order chi connectivity index (χ1) is 30.4. The maximum atomic E-state index is 14.9. The molecule has 1 unspecified atom stereocenters. The number of hydrogen-bond acceptors (Lipinski definition) is 9. The Bertz CT molecular complexity index is 2500. The van der Waals surface area contributed by atoms with Gasteiger partial charge in [-0.25, -0.2) is 0 Å². The van der Waals surface area contributed by atoms with Gasteiger partial charge in [-0.3, -0.25) is 9.69 Å². The molecule has 4 aliphatic heterocycles. The number of likely N-dealkylation sites (N-methyl/N-ethyl adjacent to an activating group) is 1. The second-order valence-electron chi connectivity index (χ2n) is 17.1. The van der Waals surface area contributed by atoms with E-state index in [0.29, 0.717) is 51.4 Å². The van der Waals surface area contributed by atoms with Crippen molar-refractivity contribution in [1.29, 1.82) is 5.26 Å². The number of nitrogens with zero attached hydrogens (tertiary/aromatic N) is 8. The fraction of sp³-hybridized carbons (Fsp3) is 0.333. The fourth-order valence-corrected chi connectivity index (χ4v) is 10.7. The minimum absolute atomic E-state index is 0.0656. The number of anilines is 2. The lowest BCUT2D eigenvalue weighted by Gasteiger charge is -2.43. The lowest BCUT2D eigenvalue weighted by atomic mass is 9.76. The molecule has 5 heterocycles. The summed E-state index contributed by atoms with van der Waals surface area (Å²) in [6, 6.07) is 46.4. The van der Waals surface area contributed by atoms with Crippen LogP contribution in [0.2, 0.25) is 5.02 Å². The zero-order valence-electron chi connectivity index (χ0n) is 35.1. The number of aromatic nitrogens is 2. The van der Waals surface area contributed by atoms with Gasteiger partial charge >= 0.3 is 6.01 Å². The summed E-state index contributed by atoms with van der Waals surface area (Å²) in [5, 5.41) is 13.1. The molecule has 3 saturated heterocycles. The lowest BCUT2D eigenvalue weighted by Crippen LogP contribution is -2.57. The molecule has 4 aliphatic rings. The van der Waals surface area contributed by atoms with Crippen LogP contribution in [0, 0.1) is 11.3 Å². The number of amides is 1. The minimum Gasteiger partial charge on any atom is -0.462 e. The van der Waals surface area contributed by atoms with Gasteiger partial charge in [0.25, 0.3) is 0 Å². The second-order valence-corrected chi connectivity index (χ2v) is 17.5. The van der Waals surface area contributed by atoms with Crippen LogP contribution < -0.4 is 14.5 Å². The molecular weight excluding hydrogens is 792 g/mol. The van der Waals surface area contributed by atoms with Gasteiger partial charge in [0.05, 0.1) is 41.3 Å². The molecule has 10 rings (SSSR count). The number of hydrogen-bond donors (Lipinski definition) is 0. The van der Waals surface area contributed by atoms with E-state index in [1.165, 1.54) is 0 Å². The number of likely N-dealkylation sites (tertiary alicyclic amines) is 1. The highest BCUT2D eigenvalue weighted by atomic mass is 35.5. The molecule has 0 saturated carbocycles. The number of carbonyl (C=O) groups is 1. The molecule has 62 heavy (non-hydrogen) atoms. The van der Waals surface area contributed by atoms with E-state index in [1.54, 1.807) is 0 Å². The van der Waals surface area contributed by atoms with Crippen LogP contribution in [-0.2, 0) is 23.3 Å². The predicted octanol–water partition coefficient (Wildman–Crippen LogP) is 7.93. The van der Waals surface area contributed by atoms with Gasteiger partial charge in [0.2, 0.25) is 5.91 Å². The van der Waals surface area contributed by atoms with Crippen LogP contribution in [0.25, 0.3) is 10.8 Å². The zero-order chi connectivity index (χ0) is 42.2. The number of ether oxygens (including phenoxy) is 1. The van der Waals surface area contributed by atoms with Crippen molar-refractivity contribution < 1.29 is 9.53 Å². The predicted molar refractivity (Wildman–Crippen MR) is 245 cm³/mol. The van der Waals surface area contributed by atoms with Gasteiger partial charge in [-0.2, -0.15) is 15.2 Å². The molecule has 0 spiro atoms. The molecule has 1 amide bonds. The van der Waals surface area contributed by atoms with Crippen LogP contribution in [0.15, 0.2) is 127 Å². The molecule has 0 N–H and O–H groups in total. The number of nitriles is 1. The second kappa shape index (κ2) is 17.1. The van der Waals surface area contributed by atoms with Crippen LogP contribution in [0.3, 0.4) is 0 Å². The fourth-order valence-electron chi connectivity index (χ4n) is 10.4. The quantitative estimate of drug-likeness (QED) is 0.0954. The summed E-state index contributed by atoms with van der Waals surface area (Å²) < 4.78 is 6.46. The maximum Gasteiger partial charge on any atom is 0.318 e. The van der Waals surface area contributed by atoms with E-state index in [2.05, 4.69) is 130 Å². The summed E-state index contributed by atoms with van der Waals surface area (Å²) in [6.45, 7) is 5.08. The number of piperazine rings is 1. The Labute approximate surface area is 368 Å². The normalized spacial score (nSPS) is 21.4. The molecule has 6 aromatic rings. The van der Waals surface area contributed by atoms with E-state index in [9.17, 15) is 10.1 Å². The standard InChI is InChI=1S/C51H51ClN8O2/c1-56-28-13-22-41(56)35-62-50-54-44-33-57(45-24-12-15-36-14-11-23-43(52)47(36)45)29-26-42(44)48(55-50)58-30-31-59(40(32-58)25-27-53)49(61)46-34-60(46)51(37-16-5-2-6-17-37,38-18-7-3-8-19-38)39-20-9-4-10-21-39/h2-12,14-21,23-24,40-41,46H,13,22,25-26,28-35H2,1H3/t40-,41-,46?,60+/m0/s1. The van der Waals surface area contributed by atoms with Gasteiger partial charge in [0.15, 0.2) is 0 Å². The molecule has 0 aliphatic carbocycles. The number of rotatable bonds is 11. The third-order valence-corrected chi connectivity index (χ3v) is 13.9. The van der Waals surface area contributed by atoms with Crippen molar-refractivity contribution in [3.63, 3.8) is 0 Å². The summed E-state index contributed by atoms with van der Waals surface area (Å²) in [4.78, 5) is 36.5. The van der Waals surface area contributed by atoms with Crippen molar-refractivity contribution in [3.05, 3.63) is 160 Å². The lowest BCUT2D eigenvalue weighted by molar-refractivity contribution is -0.134. The van der Waals surface area contributed by atoms with Gasteiger partial charge in [-0.05, 0) is 67.1 Å². The Morgan fingerprint density at radius 2 is 1.47 bits per heavy atom. The number of carbonyl (C=O) groups excluding carboxylic acids is 1. The molecular formula is C51H51ClN8O2. The number of halogens is 1. The Kier molecular flexibility index (Phi) is 11.0. The van der Waals surface area contributed by atoms with Crippen molar-refractivity contribution in [2.45, 2.75) is 55.9 Å². The third kappa shape index (κ3) is 7.32. The monoisotopic (exact) mass is 842 g/mol. The van der Waals surface area contributed by atoms with Gasteiger partial charge < -0.3 is 24.3 Å². The maximum absolute atomic E-state index is 14.9. The summed E-state index contributed by atoms with van der Waals surface area (Å²) >= 11 is 6.82. The van der Waals surface area contributed by atoms with Crippen molar-refractivity contribution in [2.24, 2.45) is 0 Å². The van der Waals surface area contributed by atoms with Crippen molar-refractivity contribution in [3.8, 4) is 12.1 Å². The van der Waals surface area contributed by atoms with Crippen LogP contribution >= 0.6 is 11.6 Å². The van der Waals surface area contributed by atoms with Crippen molar-refractivity contribution in [1.82, 2.24) is 24.7 Å². The van der Waals surface area contributed by atoms with Crippen molar-refractivity contribution in [2.75, 3.05) is 62.7 Å². The van der Waals surface area contributed by atoms with E-state index in [1.807, 2.05) is 35.2 Å². The zero-order valence-corrected chi connectivity index (χ0v) is 35.9. The Hall–Kier alpha value is -5.99. The molecule has 0 radical (unpaired) electrons. The van der Waals surface area contributed by atoms with E-state index < -0.39 is 5.54 Å². The van der Waals surface area contributed by atoms with Crippen LogP contribution in [0.5, 0.6) is 6.01 Å². The van der Waals surface area contributed by atoms with Crippen molar-refractivity contribution >= 4 is 39.8 Å². The van der Waals surface area contributed by atoms with Gasteiger partial charge in [0, 0.05) is 55.4 Å². The van der Waals surface area contributed by atoms with Crippen LogP contribution in [-0.4, -0.2) is 102 Å². The first-order valence-corrected chi connectivity index (χ1v) is 22.3. The molecule has 5 aromatic carbocycles. The van der Waals surface area contributed by atoms with Crippen LogP contribution in [0.1, 0.15) is 47.2 Å². The Morgan fingerprint density at radius 3 is 2.11 bits per heavy atom. The first-order valence-electron chi connectivity index (χ1n) is 21.9. The highest BCUT2D eigenvalue weighted by Gasteiger charge is 2.57. The van der Waals surface area contributed by atoms with Gasteiger partial charge in [-0.1, -0.05) is 127 Å². The Balaban J connectivity index is 0.951. The summed E-state index contributed by atoms with van der Waals surface area (Å²) in [6.07, 6.45) is 3.18. The molecule has 1 aromatic heterocycles. The number of fused-ring (bicyclic) bond motifs is 2. The molecule has 10 nitrogen and oxygen atoms in total. The molecule has 3 fully saturated rings. The van der Waals surface area contributed by atoms with Gasteiger partial charge in [0.1, 0.15) is 18.5 Å². The molecule has 0 bridgehead atoms. The number of benzene rings is 5. The van der Waals surface area contributed by atoms with Gasteiger partial charge in [-0.15, -0.1) is 0 Å². The van der Waals surface area contributed by atoms with E-state index in [0.717, 1.165) is 87.6 Å². The SMILES string of the molecule is CN1CCC[C@H]1COc1nc2c(c(N3CCN(C(=O)C4C[N@@]4C(c4ccccc4)(c4ccccc4)c4ccccc4)[C@@H](CC#N)C3)n1)CCN(c1cccc3cccc(Cl)c13)C2. The third-order valence-electron chi connectivity index (χ3n) is 13.6. The molecule has 4 atom stereocenters. The molecule has 314 valence electrons. The largest absolute Gasteiger partial charge is 0.462 e. The van der Waals surface area contributed by atoms with E-state index in [-0.39, 0.29) is 24.4 Å². The topological polar surface area (TPSA) is 91.8 Å². The molecule has 11 heteroatoms. The minimum atomic E-state index is -0.675. The summed E-state index contributed by atoms with van der Waals surface area (Å²) in [5.41, 5.74) is 5.77. The van der Waals surface area contributed by atoms with E-state index >= 15 is 0 Å². The van der Waals surface area contributed by atoms with Crippen LogP contribution in [0.4, 0.5) is 11.5 Å². The highest BCUT2D eigenvalue weighted by Crippen LogP contribution is 2.49. The summed E-state index contributed by atoms with van der Waals surface area (Å²) in [5.74, 6) is 0.913. The average molecular weight is 843 g/mol. The average Bonchev–Trinajstić information content (AvgIpc) is 4.01. The summed E-state index contributed by atoms with van der Waals surface area (Å²) in [7, 11) is 2.15.